The molecule has 4 atom stereocenters. The highest BCUT2D eigenvalue weighted by atomic mass is 16.7. The summed E-state index contributed by atoms with van der Waals surface area (Å²) in [5.41, 5.74) is 1.63. The molecule has 134 valence electrons. The quantitative estimate of drug-likeness (QED) is 0.845. The summed E-state index contributed by atoms with van der Waals surface area (Å²) in [6, 6.07) is 0.453. The summed E-state index contributed by atoms with van der Waals surface area (Å²) >= 11 is 0. The second kappa shape index (κ2) is 5.08. The highest BCUT2D eigenvalue weighted by Gasteiger charge is 2.60. The van der Waals surface area contributed by atoms with E-state index < -0.39 is 0 Å². The van der Waals surface area contributed by atoms with E-state index in [1.807, 2.05) is 17.4 Å². The molecule has 6 heteroatoms. The molecular weight excluding hydrogens is 316 g/mol. The molecule has 2 aliphatic heterocycles. The van der Waals surface area contributed by atoms with Crippen LogP contribution in [0.2, 0.25) is 0 Å². The van der Waals surface area contributed by atoms with Crippen molar-refractivity contribution >= 4 is 11.6 Å². The number of rotatable bonds is 4. The number of amides is 1. The molecule has 2 saturated carbocycles. The minimum atomic E-state index is -0.160. The lowest BCUT2D eigenvalue weighted by atomic mass is 9.98. The van der Waals surface area contributed by atoms with E-state index in [4.69, 9.17) is 4.84 Å². The fraction of sp³-hybridized carbons (Fsp3) is 0.737. The van der Waals surface area contributed by atoms with E-state index in [0.717, 1.165) is 25.4 Å². The van der Waals surface area contributed by atoms with Crippen molar-refractivity contribution in [1.29, 1.82) is 0 Å². The molecule has 1 unspecified atom stereocenters. The third-order valence-corrected chi connectivity index (χ3v) is 6.48. The van der Waals surface area contributed by atoms with Crippen LogP contribution in [-0.2, 0) is 4.84 Å². The Morgan fingerprint density at radius 2 is 2.04 bits per heavy atom. The Hall–Kier alpha value is -1.85. The molecule has 0 aromatic carbocycles. The minimum Gasteiger partial charge on any atom is -0.389 e. The lowest BCUT2D eigenvalue weighted by molar-refractivity contribution is 0.0123. The maximum atomic E-state index is 12.8. The van der Waals surface area contributed by atoms with E-state index in [9.17, 15) is 4.79 Å². The van der Waals surface area contributed by atoms with E-state index in [1.165, 1.54) is 18.6 Å². The van der Waals surface area contributed by atoms with Crippen molar-refractivity contribution in [3.05, 3.63) is 18.2 Å². The number of hydrogen-bond donors (Lipinski definition) is 0. The van der Waals surface area contributed by atoms with Crippen LogP contribution in [0.25, 0.3) is 0 Å². The first-order valence-corrected chi connectivity index (χ1v) is 9.51. The van der Waals surface area contributed by atoms with Gasteiger partial charge in [-0.25, -0.2) is 4.98 Å². The fourth-order valence-corrected chi connectivity index (χ4v) is 4.70. The lowest BCUT2D eigenvalue weighted by Gasteiger charge is -2.19. The smallest absolute Gasteiger partial charge is 0.274 e. The number of piperidine rings is 1. The molecule has 3 heterocycles. The first-order chi connectivity index (χ1) is 11.9. The summed E-state index contributed by atoms with van der Waals surface area (Å²) in [7, 11) is 0. The van der Waals surface area contributed by atoms with E-state index in [-0.39, 0.29) is 11.5 Å². The summed E-state index contributed by atoms with van der Waals surface area (Å²) in [6.45, 7) is 8.04. The lowest BCUT2D eigenvalue weighted by Crippen LogP contribution is -2.33. The highest BCUT2D eigenvalue weighted by Crippen LogP contribution is 2.54. The number of oxime groups is 1. The van der Waals surface area contributed by atoms with Gasteiger partial charge in [0.25, 0.3) is 5.91 Å². The van der Waals surface area contributed by atoms with Crippen LogP contribution in [0.4, 0.5) is 0 Å². The van der Waals surface area contributed by atoms with Gasteiger partial charge in [-0.1, -0.05) is 5.16 Å². The van der Waals surface area contributed by atoms with Crippen LogP contribution < -0.4 is 0 Å². The molecule has 0 N–H and O–H groups in total. The molecule has 0 bridgehead atoms. The molecule has 5 rings (SSSR count). The third-order valence-electron chi connectivity index (χ3n) is 6.48. The largest absolute Gasteiger partial charge is 0.389 e. The second-order valence-corrected chi connectivity index (χ2v) is 8.96. The Labute approximate surface area is 148 Å². The van der Waals surface area contributed by atoms with E-state index in [1.54, 1.807) is 0 Å². The van der Waals surface area contributed by atoms with Gasteiger partial charge >= 0.3 is 0 Å². The Bertz CT molecular complexity index is 736. The van der Waals surface area contributed by atoms with Gasteiger partial charge in [-0.15, -0.1) is 0 Å². The first kappa shape index (κ1) is 15.4. The van der Waals surface area contributed by atoms with Crippen LogP contribution in [0.5, 0.6) is 0 Å². The molecule has 1 aromatic rings. The van der Waals surface area contributed by atoms with Gasteiger partial charge in [0.15, 0.2) is 0 Å². The van der Waals surface area contributed by atoms with Crippen molar-refractivity contribution in [1.82, 2.24) is 14.5 Å². The number of aromatic nitrogens is 2. The summed E-state index contributed by atoms with van der Waals surface area (Å²) in [4.78, 5) is 24.6. The van der Waals surface area contributed by atoms with Crippen molar-refractivity contribution in [2.24, 2.45) is 28.8 Å². The summed E-state index contributed by atoms with van der Waals surface area (Å²) < 4.78 is 2.11. The van der Waals surface area contributed by atoms with Crippen LogP contribution in [-0.4, -0.2) is 44.8 Å². The minimum absolute atomic E-state index is 0.0811. The number of carbonyl (C=O) groups excluding carboxylic acids is 1. The topological polar surface area (TPSA) is 59.7 Å². The van der Waals surface area contributed by atoms with Crippen molar-refractivity contribution in [2.45, 2.75) is 51.7 Å². The molecule has 4 aliphatic rings. The highest BCUT2D eigenvalue weighted by molar-refractivity contribution is 5.94. The number of imidazole rings is 1. The van der Waals surface area contributed by atoms with Gasteiger partial charge in [0.1, 0.15) is 11.3 Å². The Balaban J connectivity index is 1.20. The zero-order valence-corrected chi connectivity index (χ0v) is 15.2. The maximum absolute atomic E-state index is 12.8. The van der Waals surface area contributed by atoms with Gasteiger partial charge in [-0.05, 0) is 51.4 Å². The van der Waals surface area contributed by atoms with Crippen LogP contribution >= 0.6 is 0 Å². The summed E-state index contributed by atoms with van der Waals surface area (Å²) in [6.07, 6.45) is 7.27. The zero-order valence-electron chi connectivity index (χ0n) is 15.2. The van der Waals surface area contributed by atoms with E-state index in [0.29, 0.717) is 29.5 Å². The predicted octanol–water partition coefficient (Wildman–Crippen LogP) is 2.73. The monoisotopic (exact) mass is 342 g/mol. The van der Waals surface area contributed by atoms with Crippen LogP contribution in [0.3, 0.4) is 0 Å². The molecule has 6 nitrogen and oxygen atoms in total. The van der Waals surface area contributed by atoms with Crippen molar-refractivity contribution < 1.29 is 9.63 Å². The van der Waals surface area contributed by atoms with Crippen molar-refractivity contribution in [3.8, 4) is 0 Å². The molecule has 25 heavy (non-hydrogen) atoms. The molecule has 0 radical (unpaired) electrons. The molecule has 2 aliphatic carbocycles. The first-order valence-electron chi connectivity index (χ1n) is 9.51. The Morgan fingerprint density at radius 1 is 1.32 bits per heavy atom. The number of likely N-dealkylation sites (tertiary alicyclic amines) is 1. The zero-order chi connectivity index (χ0) is 17.3. The Morgan fingerprint density at radius 3 is 2.64 bits per heavy atom. The second-order valence-electron chi connectivity index (χ2n) is 8.96. The summed E-state index contributed by atoms with van der Waals surface area (Å²) in [5, 5.41) is 4.30. The molecule has 1 aromatic heterocycles. The van der Waals surface area contributed by atoms with Gasteiger partial charge in [0, 0.05) is 37.7 Å². The maximum Gasteiger partial charge on any atom is 0.274 e. The molecule has 0 spiro atoms. The van der Waals surface area contributed by atoms with Gasteiger partial charge < -0.3 is 14.3 Å². The molecular formula is C19H26N4O2. The van der Waals surface area contributed by atoms with Gasteiger partial charge in [-0.3, -0.25) is 4.79 Å². The van der Waals surface area contributed by atoms with Crippen LogP contribution in [0.15, 0.2) is 17.7 Å². The van der Waals surface area contributed by atoms with Crippen LogP contribution in [0, 0.1) is 23.7 Å². The van der Waals surface area contributed by atoms with E-state index >= 15 is 0 Å². The van der Waals surface area contributed by atoms with Gasteiger partial charge in [0.05, 0.1) is 12.0 Å². The SMILES string of the molecule is C[C@@H](C1CC1)n1cnc(C(=O)N2C[C@@H]3C(C4=NOC(C)(C)C4)[C@@H]3C2)c1. The van der Waals surface area contributed by atoms with Crippen molar-refractivity contribution in [3.63, 3.8) is 0 Å². The average molecular weight is 342 g/mol. The summed E-state index contributed by atoms with van der Waals surface area (Å²) in [5.74, 6) is 2.49. The molecule has 3 fully saturated rings. The molecule has 1 saturated heterocycles. The number of carbonyl (C=O) groups is 1. The number of nitrogens with zero attached hydrogens (tertiary/aromatic N) is 4. The predicted molar refractivity (Wildman–Crippen MR) is 93.3 cm³/mol. The van der Waals surface area contributed by atoms with E-state index in [2.05, 4.69) is 35.5 Å². The Kier molecular flexibility index (Phi) is 3.13. The fourth-order valence-electron chi connectivity index (χ4n) is 4.70. The standard InChI is InChI=1S/C19H26N4O2/c1-11(12-4-5-12)23-9-16(20-10-23)18(24)22-7-13-14(8-22)17(13)15-6-19(2,3)25-21-15/h9-14,17H,4-8H2,1-3H3/t11-,13-,14+,17?/m0/s1. The van der Waals surface area contributed by atoms with Crippen molar-refractivity contribution in [2.75, 3.05) is 13.1 Å². The van der Waals surface area contributed by atoms with Gasteiger partial charge in [0.2, 0.25) is 0 Å². The molecule has 1 amide bonds. The van der Waals surface area contributed by atoms with Gasteiger partial charge in [-0.2, -0.15) is 0 Å². The number of hydrogen-bond acceptors (Lipinski definition) is 4. The normalized spacial score (nSPS) is 33.6. The third kappa shape index (κ3) is 2.57. The average Bonchev–Trinajstić information content (AvgIpc) is 3.36. The number of fused-ring (bicyclic) bond motifs is 1. The van der Waals surface area contributed by atoms with Crippen LogP contribution in [0.1, 0.15) is 56.6 Å².